The van der Waals surface area contributed by atoms with Crippen LogP contribution in [0.5, 0.6) is 0 Å². The van der Waals surface area contributed by atoms with Gasteiger partial charge in [0.05, 0.1) is 0 Å². The summed E-state index contributed by atoms with van der Waals surface area (Å²) >= 11 is 0. The zero-order valence-electron chi connectivity index (χ0n) is 12.9. The summed E-state index contributed by atoms with van der Waals surface area (Å²) in [4.78, 5) is 24.8. The second-order valence-corrected chi connectivity index (χ2v) is 5.59. The molecule has 1 atom stereocenters. The van der Waals surface area contributed by atoms with Gasteiger partial charge in [-0.15, -0.1) is 0 Å². The van der Waals surface area contributed by atoms with Crippen LogP contribution in [-0.2, 0) is 9.59 Å². The number of carbonyl (C=O) groups is 2. The largest absolute Gasteiger partial charge is 0.355 e. The Labute approximate surface area is 125 Å². The first-order valence-corrected chi connectivity index (χ1v) is 7.30. The third-order valence-electron chi connectivity index (χ3n) is 4.11. The van der Waals surface area contributed by atoms with E-state index in [0.29, 0.717) is 19.4 Å². The molecule has 1 N–H and O–H groups in total. The standard InChI is InChI=1S/C17H22N2O2/c1-5-6-15(17(21)18-10-20)19-9-12(3)16-13(4)11(2)7-8-14(16)19/h7-8,10,15H,4-6,9H2,1-3H3,(H,18,20,21). The summed E-state index contributed by atoms with van der Waals surface area (Å²) in [5.41, 5.74) is 3.42. The molecular weight excluding hydrogens is 264 g/mol. The number of carbonyl (C=O) groups excluding carboxylic acids is 2. The Morgan fingerprint density at radius 3 is 2.81 bits per heavy atom. The van der Waals surface area contributed by atoms with Crippen molar-refractivity contribution < 1.29 is 9.59 Å². The van der Waals surface area contributed by atoms with Crippen molar-refractivity contribution in [1.29, 1.82) is 0 Å². The monoisotopic (exact) mass is 286 g/mol. The molecule has 1 unspecified atom stereocenters. The van der Waals surface area contributed by atoms with Gasteiger partial charge >= 0.3 is 0 Å². The van der Waals surface area contributed by atoms with Gasteiger partial charge in [0.2, 0.25) is 12.3 Å². The molecule has 0 saturated carbocycles. The number of aryl methyl sites for hydroxylation is 1. The van der Waals surface area contributed by atoms with Crippen LogP contribution in [0, 0.1) is 6.92 Å². The minimum absolute atomic E-state index is 0.237. The van der Waals surface area contributed by atoms with Crippen LogP contribution in [-0.4, -0.2) is 24.9 Å². The number of amides is 2. The summed E-state index contributed by atoms with van der Waals surface area (Å²) < 4.78 is 0. The molecule has 0 aromatic heterocycles. The van der Waals surface area contributed by atoms with Crippen molar-refractivity contribution >= 4 is 30.2 Å². The van der Waals surface area contributed by atoms with Crippen LogP contribution in [0.4, 0.5) is 5.69 Å². The highest BCUT2D eigenvalue weighted by atomic mass is 16.2. The van der Waals surface area contributed by atoms with E-state index in [1.165, 1.54) is 5.57 Å². The molecule has 0 fully saturated rings. The summed E-state index contributed by atoms with van der Waals surface area (Å²) in [6, 6.07) is 3.76. The number of anilines is 1. The van der Waals surface area contributed by atoms with Gasteiger partial charge in [-0.3, -0.25) is 14.9 Å². The number of hydrogen-bond donors (Lipinski definition) is 1. The lowest BCUT2D eigenvalue weighted by Crippen LogP contribution is -2.47. The van der Waals surface area contributed by atoms with E-state index in [1.54, 1.807) is 0 Å². The zero-order chi connectivity index (χ0) is 15.6. The third kappa shape index (κ3) is 2.71. The molecule has 2 amide bonds. The van der Waals surface area contributed by atoms with E-state index in [-0.39, 0.29) is 11.9 Å². The molecule has 21 heavy (non-hydrogen) atoms. The maximum atomic E-state index is 12.2. The van der Waals surface area contributed by atoms with Crippen molar-refractivity contribution in [3.05, 3.63) is 28.1 Å². The molecule has 1 aromatic rings. The molecule has 0 aliphatic carbocycles. The van der Waals surface area contributed by atoms with Gasteiger partial charge in [-0.1, -0.05) is 26.0 Å². The van der Waals surface area contributed by atoms with Gasteiger partial charge < -0.3 is 4.90 Å². The highest BCUT2D eigenvalue weighted by Crippen LogP contribution is 2.22. The van der Waals surface area contributed by atoms with Gasteiger partial charge in [0.25, 0.3) is 0 Å². The Morgan fingerprint density at radius 2 is 2.19 bits per heavy atom. The molecule has 1 heterocycles. The SMILES string of the molecule is C=c1c(C)ccc2c1=C(C)CN2C(CCC)C(=O)NC=O. The Bertz CT molecular complexity index is 679. The van der Waals surface area contributed by atoms with Crippen molar-refractivity contribution in [3.63, 3.8) is 0 Å². The van der Waals surface area contributed by atoms with Crippen molar-refractivity contribution in [3.8, 4) is 0 Å². The molecule has 0 spiro atoms. The van der Waals surface area contributed by atoms with Crippen LogP contribution in [0.25, 0.3) is 12.2 Å². The van der Waals surface area contributed by atoms with Crippen molar-refractivity contribution in [1.82, 2.24) is 5.32 Å². The van der Waals surface area contributed by atoms with Crippen LogP contribution in [0.1, 0.15) is 32.3 Å². The summed E-state index contributed by atoms with van der Waals surface area (Å²) in [5.74, 6) is -0.237. The van der Waals surface area contributed by atoms with E-state index in [1.807, 2.05) is 26.0 Å². The Hall–Kier alpha value is -2.10. The minimum Gasteiger partial charge on any atom is -0.355 e. The number of fused-ring (bicyclic) bond motifs is 1. The molecule has 0 radical (unpaired) electrons. The van der Waals surface area contributed by atoms with E-state index >= 15 is 0 Å². The van der Waals surface area contributed by atoms with E-state index in [2.05, 4.69) is 23.7 Å². The lowest BCUT2D eigenvalue weighted by Gasteiger charge is -2.29. The summed E-state index contributed by atoms with van der Waals surface area (Å²) in [6.07, 6.45) is 2.05. The smallest absolute Gasteiger partial charge is 0.249 e. The van der Waals surface area contributed by atoms with Gasteiger partial charge in [-0.05, 0) is 42.7 Å². The predicted octanol–water partition coefficient (Wildman–Crippen LogP) is 0.837. The number of rotatable bonds is 5. The maximum absolute atomic E-state index is 12.2. The molecule has 4 nitrogen and oxygen atoms in total. The second kappa shape index (κ2) is 6.12. The lowest BCUT2D eigenvalue weighted by molar-refractivity contribution is -0.126. The Morgan fingerprint density at radius 1 is 1.48 bits per heavy atom. The van der Waals surface area contributed by atoms with Crippen LogP contribution in [0.15, 0.2) is 12.1 Å². The third-order valence-corrected chi connectivity index (χ3v) is 4.11. The molecule has 1 aliphatic rings. The molecule has 112 valence electrons. The van der Waals surface area contributed by atoms with Gasteiger partial charge in [-0.2, -0.15) is 0 Å². The molecule has 0 saturated heterocycles. The predicted molar refractivity (Wildman–Crippen MR) is 85.3 cm³/mol. The van der Waals surface area contributed by atoms with Crippen LogP contribution in [0.3, 0.4) is 0 Å². The van der Waals surface area contributed by atoms with Crippen molar-refractivity contribution in [2.75, 3.05) is 11.4 Å². The minimum atomic E-state index is -0.321. The highest BCUT2D eigenvalue weighted by molar-refractivity contribution is 5.93. The van der Waals surface area contributed by atoms with Crippen LogP contribution >= 0.6 is 0 Å². The molecule has 1 aliphatic heterocycles. The summed E-state index contributed by atoms with van der Waals surface area (Å²) in [5, 5.41) is 4.47. The number of benzene rings is 1. The van der Waals surface area contributed by atoms with E-state index < -0.39 is 0 Å². The van der Waals surface area contributed by atoms with E-state index in [9.17, 15) is 9.59 Å². The fraction of sp³-hybridized carbons (Fsp3) is 0.412. The average molecular weight is 286 g/mol. The lowest BCUT2D eigenvalue weighted by atomic mass is 10.1. The first kappa shape index (κ1) is 15.3. The molecule has 1 aromatic carbocycles. The van der Waals surface area contributed by atoms with E-state index in [4.69, 9.17) is 0 Å². The fourth-order valence-corrected chi connectivity index (χ4v) is 3.01. The highest BCUT2D eigenvalue weighted by Gasteiger charge is 2.29. The van der Waals surface area contributed by atoms with Crippen molar-refractivity contribution in [2.45, 2.75) is 39.7 Å². The average Bonchev–Trinajstić information content (AvgIpc) is 2.78. The van der Waals surface area contributed by atoms with Crippen LogP contribution < -0.4 is 20.7 Å². The maximum Gasteiger partial charge on any atom is 0.249 e. The Kier molecular flexibility index (Phi) is 4.46. The first-order valence-electron chi connectivity index (χ1n) is 7.30. The van der Waals surface area contributed by atoms with E-state index in [0.717, 1.165) is 28.1 Å². The Balaban J connectivity index is 2.46. The quantitative estimate of drug-likeness (QED) is 0.816. The summed E-state index contributed by atoms with van der Waals surface area (Å²) in [6.45, 7) is 11.0. The number of nitrogens with zero attached hydrogens (tertiary/aromatic N) is 1. The topological polar surface area (TPSA) is 49.4 Å². The summed E-state index contributed by atoms with van der Waals surface area (Å²) in [7, 11) is 0. The first-order chi connectivity index (χ1) is 10.0. The fourth-order valence-electron chi connectivity index (χ4n) is 3.01. The molecular formula is C17H22N2O2. The molecule has 2 rings (SSSR count). The number of nitrogens with one attached hydrogen (secondary N) is 1. The molecule has 4 heteroatoms. The van der Waals surface area contributed by atoms with Gasteiger partial charge in [0, 0.05) is 17.5 Å². The van der Waals surface area contributed by atoms with Crippen molar-refractivity contribution in [2.24, 2.45) is 0 Å². The van der Waals surface area contributed by atoms with Gasteiger partial charge in [0.15, 0.2) is 0 Å². The molecule has 0 bridgehead atoms. The number of hydrogen-bond acceptors (Lipinski definition) is 3. The van der Waals surface area contributed by atoms with Crippen LogP contribution in [0.2, 0.25) is 0 Å². The number of imide groups is 1. The zero-order valence-corrected chi connectivity index (χ0v) is 12.9. The van der Waals surface area contributed by atoms with Gasteiger partial charge in [-0.25, -0.2) is 0 Å². The second-order valence-electron chi connectivity index (χ2n) is 5.59. The van der Waals surface area contributed by atoms with Gasteiger partial charge in [0.1, 0.15) is 6.04 Å². The normalized spacial score (nSPS) is 14.8.